The van der Waals surface area contributed by atoms with Crippen LogP contribution in [-0.2, 0) is 14.6 Å². The Hall–Kier alpha value is -1.05. The Labute approximate surface area is 154 Å². The second-order valence-electron chi connectivity index (χ2n) is 7.17. The number of aryl methyl sites for hydroxylation is 2. The molecule has 2 aliphatic heterocycles. The average molecular weight is 384 g/mol. The van der Waals surface area contributed by atoms with Crippen LogP contribution in [0.25, 0.3) is 0 Å². The van der Waals surface area contributed by atoms with Crippen LogP contribution in [0.1, 0.15) is 17.5 Å². The fourth-order valence-corrected chi connectivity index (χ4v) is 6.33. The van der Waals surface area contributed by atoms with Crippen LogP contribution in [0.3, 0.4) is 0 Å². The molecule has 1 N–H and O–H groups in total. The van der Waals surface area contributed by atoms with Crippen molar-refractivity contribution in [2.45, 2.75) is 31.2 Å². The average Bonchev–Trinajstić information content (AvgIpc) is 2.96. The van der Waals surface area contributed by atoms with E-state index in [1.54, 1.807) is 11.8 Å². The first-order valence-corrected chi connectivity index (χ1v) is 11.7. The van der Waals surface area contributed by atoms with Gasteiger partial charge in [-0.15, -0.1) is 11.8 Å². The van der Waals surface area contributed by atoms with E-state index < -0.39 is 9.84 Å². The van der Waals surface area contributed by atoms with E-state index in [1.807, 2.05) is 4.90 Å². The zero-order valence-electron chi connectivity index (χ0n) is 15.0. The van der Waals surface area contributed by atoms with E-state index >= 15 is 0 Å². The molecule has 138 valence electrons. The summed E-state index contributed by atoms with van der Waals surface area (Å²) >= 11 is 1.59. The number of carbonyl (C=O) groups is 1. The maximum atomic E-state index is 12.5. The van der Waals surface area contributed by atoms with Crippen LogP contribution in [0, 0.1) is 13.8 Å². The predicted octanol–water partition coefficient (Wildman–Crippen LogP) is 0.310. The van der Waals surface area contributed by atoms with Crippen molar-refractivity contribution in [3.8, 4) is 0 Å². The molecule has 1 aromatic carbocycles. The highest BCUT2D eigenvalue weighted by atomic mass is 32.2. The molecule has 7 heteroatoms. The molecule has 2 saturated heterocycles. The van der Waals surface area contributed by atoms with Gasteiger partial charge in [-0.25, -0.2) is 8.42 Å². The first-order chi connectivity index (χ1) is 11.8. The number of thioether (sulfide) groups is 1. The molecule has 3 rings (SSSR count). The first kappa shape index (κ1) is 18.7. The second-order valence-corrected chi connectivity index (χ2v) is 10.5. The number of hydrogen-bond acceptors (Lipinski definition) is 4. The number of amides is 1. The quantitative estimate of drug-likeness (QED) is 0.761. The van der Waals surface area contributed by atoms with Gasteiger partial charge in [0.2, 0.25) is 5.91 Å². The first-order valence-electron chi connectivity index (χ1n) is 8.87. The zero-order valence-corrected chi connectivity index (χ0v) is 16.6. The molecule has 0 radical (unpaired) electrons. The van der Waals surface area contributed by atoms with Crippen LogP contribution in [0.5, 0.6) is 0 Å². The van der Waals surface area contributed by atoms with Gasteiger partial charge in [0.1, 0.15) is 11.8 Å². The summed E-state index contributed by atoms with van der Waals surface area (Å²) in [6, 6.07) is 6.53. The van der Waals surface area contributed by atoms with E-state index in [9.17, 15) is 13.2 Å². The summed E-state index contributed by atoms with van der Waals surface area (Å²) in [4.78, 5) is 16.9. The smallest absolute Gasteiger partial charge is 0.233 e. The number of carbonyl (C=O) groups excluding carboxylic acids is 1. The Balaban J connectivity index is 1.46. The molecule has 25 heavy (non-hydrogen) atoms. The van der Waals surface area contributed by atoms with Crippen LogP contribution < -0.4 is 4.90 Å². The maximum absolute atomic E-state index is 12.5. The third-order valence-corrected chi connectivity index (χ3v) is 8.16. The third kappa shape index (κ3) is 4.77. The molecule has 5 nitrogen and oxygen atoms in total. The summed E-state index contributed by atoms with van der Waals surface area (Å²) in [6.45, 7) is 7.37. The second kappa shape index (κ2) is 7.68. The monoisotopic (exact) mass is 383 g/mol. The fraction of sp³-hybridized carbons (Fsp3) is 0.611. The lowest BCUT2D eigenvalue weighted by Crippen LogP contribution is -3.18. The van der Waals surface area contributed by atoms with Gasteiger partial charge in [-0.1, -0.05) is 6.07 Å². The molecule has 0 bridgehead atoms. The highest BCUT2D eigenvalue weighted by Crippen LogP contribution is 2.21. The lowest BCUT2D eigenvalue weighted by atomic mass is 10.1. The van der Waals surface area contributed by atoms with E-state index in [-0.39, 0.29) is 11.9 Å². The molecule has 1 amide bonds. The minimum Gasteiger partial charge on any atom is -0.331 e. The van der Waals surface area contributed by atoms with E-state index in [4.69, 9.17) is 0 Å². The predicted molar refractivity (Wildman–Crippen MR) is 101 cm³/mol. The van der Waals surface area contributed by atoms with Crippen molar-refractivity contribution in [1.82, 2.24) is 4.90 Å². The summed E-state index contributed by atoms with van der Waals surface area (Å²) in [5.74, 6) is 1.30. The van der Waals surface area contributed by atoms with E-state index in [0.717, 1.165) is 37.5 Å². The van der Waals surface area contributed by atoms with Gasteiger partial charge in [0.05, 0.1) is 37.7 Å². The standard InChI is InChI=1S/C18H26N2O3S2/c1-14-3-4-17(11-15(14)2)24-12-18(21)20-8-6-19(7-9-20)16-5-10-25(22,23)13-16/h3-4,11,16H,5-10,12-13H2,1-2H3/p+1/t16-/m0/s1. The Morgan fingerprint density at radius 1 is 1.24 bits per heavy atom. The van der Waals surface area contributed by atoms with Crippen molar-refractivity contribution in [3.63, 3.8) is 0 Å². The topological polar surface area (TPSA) is 58.9 Å². The molecule has 0 spiro atoms. The maximum Gasteiger partial charge on any atom is 0.233 e. The van der Waals surface area contributed by atoms with Crippen LogP contribution in [0.15, 0.2) is 23.1 Å². The number of piperazine rings is 1. The lowest BCUT2D eigenvalue weighted by molar-refractivity contribution is -0.925. The number of hydrogen-bond donors (Lipinski definition) is 1. The van der Waals surface area contributed by atoms with Gasteiger partial charge in [-0.2, -0.15) is 0 Å². The Morgan fingerprint density at radius 2 is 1.96 bits per heavy atom. The van der Waals surface area contributed by atoms with E-state index in [2.05, 4.69) is 32.0 Å². The van der Waals surface area contributed by atoms with Crippen molar-refractivity contribution in [3.05, 3.63) is 29.3 Å². The van der Waals surface area contributed by atoms with Crippen molar-refractivity contribution >= 4 is 27.5 Å². The molecular formula is C18H27N2O3S2+. The number of sulfone groups is 1. The highest BCUT2D eigenvalue weighted by molar-refractivity contribution is 8.00. The van der Waals surface area contributed by atoms with Gasteiger partial charge in [0.25, 0.3) is 0 Å². The summed E-state index contributed by atoms with van der Waals surface area (Å²) in [6.07, 6.45) is 0.772. The minimum absolute atomic E-state index is 0.182. The van der Waals surface area contributed by atoms with Gasteiger partial charge in [-0.3, -0.25) is 4.79 Å². The van der Waals surface area contributed by atoms with Crippen LogP contribution in [0.4, 0.5) is 0 Å². The highest BCUT2D eigenvalue weighted by Gasteiger charge is 2.37. The third-order valence-electron chi connectivity index (χ3n) is 5.41. The molecule has 2 aliphatic rings. The van der Waals surface area contributed by atoms with Gasteiger partial charge in [0.15, 0.2) is 9.84 Å². The molecule has 1 aromatic rings. The van der Waals surface area contributed by atoms with Crippen molar-refractivity contribution < 1.29 is 18.1 Å². The number of quaternary nitrogens is 1. The SMILES string of the molecule is Cc1ccc(SCC(=O)N2CC[NH+]([C@H]3CCS(=O)(=O)C3)CC2)cc1C. The van der Waals surface area contributed by atoms with E-state index in [0.29, 0.717) is 17.3 Å². The summed E-state index contributed by atoms with van der Waals surface area (Å²) in [7, 11) is -2.83. The normalized spacial score (nSPS) is 23.8. The number of rotatable bonds is 4. The van der Waals surface area contributed by atoms with E-state index in [1.165, 1.54) is 16.0 Å². The van der Waals surface area contributed by atoms with Gasteiger partial charge in [-0.05, 0) is 37.1 Å². The van der Waals surface area contributed by atoms with Crippen LogP contribution in [0.2, 0.25) is 0 Å². The van der Waals surface area contributed by atoms with Crippen molar-refractivity contribution in [1.29, 1.82) is 0 Å². The summed E-state index contributed by atoms with van der Waals surface area (Å²) in [5, 5.41) is 0. The van der Waals surface area contributed by atoms with Crippen LogP contribution >= 0.6 is 11.8 Å². The summed E-state index contributed by atoms with van der Waals surface area (Å²) < 4.78 is 23.3. The number of nitrogens with one attached hydrogen (secondary N) is 1. The molecule has 2 heterocycles. The molecule has 0 aromatic heterocycles. The van der Waals surface area contributed by atoms with Crippen molar-refractivity contribution in [2.75, 3.05) is 43.4 Å². The van der Waals surface area contributed by atoms with Gasteiger partial charge in [0, 0.05) is 11.3 Å². The fourth-order valence-electron chi connectivity index (χ4n) is 3.61. The Kier molecular flexibility index (Phi) is 5.75. The zero-order chi connectivity index (χ0) is 18.0. The van der Waals surface area contributed by atoms with Crippen LogP contribution in [-0.4, -0.2) is 68.7 Å². The number of nitrogens with zero attached hydrogens (tertiary/aromatic N) is 1. The Bertz CT molecular complexity index is 741. The lowest BCUT2D eigenvalue weighted by Gasteiger charge is -2.35. The minimum atomic E-state index is -2.83. The molecule has 0 unspecified atom stereocenters. The molecule has 0 saturated carbocycles. The molecule has 1 atom stereocenters. The summed E-state index contributed by atoms with van der Waals surface area (Å²) in [5.41, 5.74) is 2.52. The Morgan fingerprint density at radius 3 is 2.56 bits per heavy atom. The molecule has 0 aliphatic carbocycles. The van der Waals surface area contributed by atoms with Gasteiger partial charge < -0.3 is 9.80 Å². The molecule has 2 fully saturated rings. The van der Waals surface area contributed by atoms with Gasteiger partial charge >= 0.3 is 0 Å². The van der Waals surface area contributed by atoms with Crippen molar-refractivity contribution in [2.24, 2.45) is 0 Å². The largest absolute Gasteiger partial charge is 0.331 e. The molecular weight excluding hydrogens is 356 g/mol. The number of benzene rings is 1.